The van der Waals surface area contributed by atoms with E-state index in [-0.39, 0.29) is 35.8 Å². The van der Waals surface area contributed by atoms with Crippen molar-refractivity contribution in [1.29, 1.82) is 0 Å². The van der Waals surface area contributed by atoms with Gasteiger partial charge in [-0.1, -0.05) is 13.0 Å². The van der Waals surface area contributed by atoms with E-state index < -0.39 is 59.2 Å². The molecule has 4 rings (SSSR count). The number of nitrogens with zero attached hydrogens (tertiary/aromatic N) is 2. The topological polar surface area (TPSA) is 185 Å². The largest absolute Gasteiger partial charge is 0.478 e. The summed E-state index contributed by atoms with van der Waals surface area (Å²) in [5.41, 5.74) is -0.00544. The predicted molar refractivity (Wildman–Crippen MR) is 126 cm³/mol. The molecule has 0 bridgehead atoms. The van der Waals surface area contributed by atoms with E-state index in [1.165, 1.54) is 36.1 Å². The van der Waals surface area contributed by atoms with Gasteiger partial charge in [0.05, 0.1) is 23.6 Å². The molecule has 3 amide bonds. The Labute approximate surface area is 209 Å². The van der Waals surface area contributed by atoms with Crippen LogP contribution >= 0.6 is 11.8 Å². The average Bonchev–Trinajstić information content (AvgIpc) is 3.32. The lowest BCUT2D eigenvalue weighted by Gasteiger charge is -2.46. The third kappa shape index (κ3) is 4.28. The first-order valence-corrected chi connectivity index (χ1v) is 12.1. The molecule has 192 valence electrons. The molecular weight excluding hydrogens is 494 g/mol. The van der Waals surface area contributed by atoms with Crippen molar-refractivity contribution in [3.63, 3.8) is 0 Å². The molecule has 2 fully saturated rings. The number of fused-ring (bicyclic) bond motifs is 1. The van der Waals surface area contributed by atoms with E-state index in [0.717, 1.165) is 16.7 Å². The number of carboxylic acids is 2. The molecule has 0 spiro atoms. The number of carbonyl (C=O) groups is 5. The normalized spacial score (nSPS) is 28.0. The van der Waals surface area contributed by atoms with Gasteiger partial charge in [-0.05, 0) is 31.5 Å². The first-order valence-electron chi connectivity index (χ1n) is 11.2. The van der Waals surface area contributed by atoms with Crippen LogP contribution in [0, 0.1) is 11.8 Å². The van der Waals surface area contributed by atoms with Crippen molar-refractivity contribution >= 4 is 47.3 Å². The molecule has 1 aromatic rings. The minimum Gasteiger partial charge on any atom is -0.478 e. The van der Waals surface area contributed by atoms with Crippen LogP contribution < -0.4 is 5.32 Å². The van der Waals surface area contributed by atoms with Gasteiger partial charge in [-0.15, -0.1) is 11.8 Å². The Morgan fingerprint density at radius 2 is 1.83 bits per heavy atom. The number of benzene rings is 1. The van der Waals surface area contributed by atoms with Gasteiger partial charge in [-0.25, -0.2) is 14.4 Å². The smallest absolute Gasteiger partial charge is 0.408 e. The highest BCUT2D eigenvalue weighted by Crippen LogP contribution is 2.52. The van der Waals surface area contributed by atoms with Crippen molar-refractivity contribution in [2.45, 2.75) is 43.7 Å². The van der Waals surface area contributed by atoms with Crippen molar-refractivity contribution in [3.05, 3.63) is 40.4 Å². The Morgan fingerprint density at radius 3 is 2.42 bits per heavy atom. The monoisotopic (exact) mass is 519 g/mol. The highest BCUT2D eigenvalue weighted by atomic mass is 32.2. The number of aliphatic hydroxyl groups is 1. The van der Waals surface area contributed by atoms with Gasteiger partial charge in [0.15, 0.2) is 0 Å². The second-order valence-electron chi connectivity index (χ2n) is 9.07. The summed E-state index contributed by atoms with van der Waals surface area (Å²) in [5, 5.41) is 40.7. The number of aromatic carboxylic acids is 1. The zero-order chi connectivity index (χ0) is 26.5. The van der Waals surface area contributed by atoms with Gasteiger partial charge in [-0.2, -0.15) is 0 Å². The number of anilines is 1. The first-order chi connectivity index (χ1) is 16.9. The quantitative estimate of drug-likeness (QED) is 0.329. The maximum Gasteiger partial charge on any atom is 0.408 e. The Morgan fingerprint density at radius 1 is 1.14 bits per heavy atom. The minimum atomic E-state index is -1.32. The van der Waals surface area contributed by atoms with E-state index in [4.69, 9.17) is 5.11 Å². The van der Waals surface area contributed by atoms with Crippen molar-refractivity contribution in [1.82, 2.24) is 9.80 Å². The summed E-state index contributed by atoms with van der Waals surface area (Å²) in [5.74, 6) is -4.66. The van der Waals surface area contributed by atoms with Crippen molar-refractivity contribution in [2.75, 3.05) is 11.9 Å². The van der Waals surface area contributed by atoms with Crippen LogP contribution in [-0.2, 0) is 14.4 Å². The van der Waals surface area contributed by atoms with Gasteiger partial charge in [0, 0.05) is 28.3 Å². The van der Waals surface area contributed by atoms with Gasteiger partial charge >= 0.3 is 18.0 Å². The van der Waals surface area contributed by atoms with E-state index in [2.05, 4.69) is 5.32 Å². The molecule has 13 heteroatoms. The van der Waals surface area contributed by atoms with Gasteiger partial charge < -0.3 is 30.6 Å². The van der Waals surface area contributed by atoms with Crippen molar-refractivity contribution in [2.24, 2.45) is 11.8 Å². The zero-order valence-corrected chi connectivity index (χ0v) is 20.1. The summed E-state index contributed by atoms with van der Waals surface area (Å²) < 4.78 is 0. The minimum absolute atomic E-state index is 0.0409. The molecular formula is C23H25N3O9S. The molecule has 3 heterocycles. The lowest BCUT2D eigenvalue weighted by molar-refractivity contribution is -0.163. The maximum absolute atomic E-state index is 12.9. The van der Waals surface area contributed by atoms with E-state index in [1.54, 1.807) is 6.92 Å². The number of hydrogen-bond acceptors (Lipinski definition) is 7. The standard InChI is InChI=1S/C23H25N3O9S/c1-9-16-15(10(2)27)20(29)26(16)17(22(32)33)18(9)36-13-7-14(25(8-13)23(34)35)19(28)24-12-5-3-4-11(6-12)21(30)31/h3-6,9-10,13-16,27H,7-8H2,1-2H3,(H,24,28)(H,30,31)(H,32,33)(H,34,35)/t9-,10-,13+,14+,15-,16-/m1/s1. The predicted octanol–water partition coefficient (Wildman–Crippen LogP) is 1.33. The number of carboxylic acid groups (broad SMARTS) is 3. The summed E-state index contributed by atoms with van der Waals surface area (Å²) in [6.45, 7) is 3.20. The summed E-state index contributed by atoms with van der Waals surface area (Å²) in [7, 11) is 0. The number of β-lactam (4-membered cyclic amide) rings is 1. The third-order valence-electron chi connectivity index (χ3n) is 6.79. The Hall–Kier alpha value is -3.58. The SMILES string of the molecule is C[C@@H](O)[C@H]1C(=O)N2C(C(=O)O)=C(S[C@H]3C[C@@H](C(=O)Nc4cccc(C(=O)O)c4)N(C(=O)O)C3)[C@H](C)[C@H]12. The molecule has 3 aliphatic heterocycles. The third-order valence-corrected chi connectivity index (χ3v) is 8.29. The fourth-order valence-corrected chi connectivity index (χ4v) is 6.68. The molecule has 2 saturated heterocycles. The molecule has 0 aliphatic carbocycles. The summed E-state index contributed by atoms with van der Waals surface area (Å²) in [6.07, 6.45) is -2.18. The Kier molecular flexibility index (Phi) is 6.71. The van der Waals surface area contributed by atoms with Crippen LogP contribution in [-0.4, -0.2) is 90.1 Å². The number of amides is 3. The van der Waals surface area contributed by atoms with Gasteiger partial charge in [0.1, 0.15) is 11.7 Å². The van der Waals surface area contributed by atoms with E-state index in [9.17, 15) is 39.3 Å². The summed E-state index contributed by atoms with van der Waals surface area (Å²) in [4.78, 5) is 63.1. The molecule has 0 saturated carbocycles. The number of carbonyl (C=O) groups excluding carboxylic acids is 2. The van der Waals surface area contributed by atoms with E-state index in [0.29, 0.717) is 4.91 Å². The van der Waals surface area contributed by atoms with Crippen LogP contribution in [0.3, 0.4) is 0 Å². The van der Waals surface area contributed by atoms with Crippen LogP contribution in [0.1, 0.15) is 30.6 Å². The first kappa shape index (κ1) is 25.5. The molecule has 36 heavy (non-hydrogen) atoms. The second-order valence-corrected chi connectivity index (χ2v) is 10.4. The number of nitrogens with one attached hydrogen (secondary N) is 1. The molecule has 1 aromatic carbocycles. The number of aliphatic hydroxyl groups excluding tert-OH is 1. The number of rotatable bonds is 7. The highest BCUT2D eigenvalue weighted by Gasteiger charge is 2.60. The molecule has 3 aliphatic rings. The molecule has 5 N–H and O–H groups in total. The number of thioether (sulfide) groups is 1. The lowest BCUT2D eigenvalue weighted by Crippen LogP contribution is -2.63. The number of aliphatic carboxylic acids is 1. The average molecular weight is 520 g/mol. The number of hydrogen-bond donors (Lipinski definition) is 5. The van der Waals surface area contributed by atoms with Crippen LogP contribution in [0.2, 0.25) is 0 Å². The van der Waals surface area contributed by atoms with Crippen molar-refractivity contribution in [3.8, 4) is 0 Å². The highest BCUT2D eigenvalue weighted by molar-refractivity contribution is 8.03. The second kappa shape index (κ2) is 9.47. The Balaban J connectivity index is 1.53. The van der Waals surface area contributed by atoms with Crippen molar-refractivity contribution < 1.29 is 44.4 Å². The summed E-state index contributed by atoms with van der Waals surface area (Å²) in [6, 6.07) is 3.98. The maximum atomic E-state index is 12.9. The Bertz CT molecular complexity index is 1180. The van der Waals surface area contributed by atoms with E-state index >= 15 is 0 Å². The lowest BCUT2D eigenvalue weighted by atomic mass is 9.79. The van der Waals surface area contributed by atoms with Crippen LogP contribution in [0.4, 0.5) is 10.5 Å². The molecule has 0 radical (unpaired) electrons. The van der Waals surface area contributed by atoms with Crippen LogP contribution in [0.25, 0.3) is 0 Å². The fourth-order valence-electron chi connectivity index (χ4n) is 5.16. The zero-order valence-electron chi connectivity index (χ0n) is 19.3. The molecule has 12 nitrogen and oxygen atoms in total. The molecule has 0 aromatic heterocycles. The molecule has 6 atom stereocenters. The number of likely N-dealkylation sites (tertiary alicyclic amines) is 1. The van der Waals surface area contributed by atoms with E-state index in [1.807, 2.05) is 0 Å². The summed E-state index contributed by atoms with van der Waals surface area (Å²) >= 11 is 1.14. The van der Waals surface area contributed by atoms with Crippen LogP contribution in [0.5, 0.6) is 0 Å². The molecule has 0 unspecified atom stereocenters. The fraction of sp³-hybridized carbons (Fsp3) is 0.435. The van der Waals surface area contributed by atoms with Gasteiger partial charge in [0.2, 0.25) is 11.8 Å². The van der Waals surface area contributed by atoms with Gasteiger partial charge in [0.25, 0.3) is 0 Å². The van der Waals surface area contributed by atoms with Gasteiger partial charge in [-0.3, -0.25) is 14.5 Å². The van der Waals surface area contributed by atoms with Crippen LogP contribution in [0.15, 0.2) is 34.9 Å².